The summed E-state index contributed by atoms with van der Waals surface area (Å²) >= 11 is 0. The van der Waals surface area contributed by atoms with Crippen molar-refractivity contribution in [2.24, 2.45) is 11.8 Å². The van der Waals surface area contributed by atoms with E-state index in [1.165, 1.54) is 0 Å². The summed E-state index contributed by atoms with van der Waals surface area (Å²) in [4.78, 5) is 13.6. The van der Waals surface area contributed by atoms with E-state index in [0.29, 0.717) is 5.92 Å². The number of nitrogens with zero attached hydrogens (tertiary/aromatic N) is 1. The van der Waals surface area contributed by atoms with Crippen molar-refractivity contribution in [2.45, 2.75) is 32.4 Å². The van der Waals surface area contributed by atoms with Gasteiger partial charge < -0.3 is 10.4 Å². The molecule has 0 aliphatic carbocycles. The molecule has 1 aromatic rings. The first-order valence-corrected chi connectivity index (χ1v) is 7.73. The number of carbonyl (C=O) groups is 1. The van der Waals surface area contributed by atoms with Crippen LogP contribution in [0, 0.1) is 11.8 Å². The number of likely N-dealkylation sites (tertiary alicyclic amines) is 1. The van der Waals surface area contributed by atoms with Gasteiger partial charge in [-0.15, -0.1) is 0 Å². The summed E-state index contributed by atoms with van der Waals surface area (Å²) in [5.74, 6) is 0.667. The van der Waals surface area contributed by atoms with Gasteiger partial charge in [-0.2, -0.15) is 0 Å². The third-order valence-electron chi connectivity index (χ3n) is 5.34. The van der Waals surface area contributed by atoms with Crippen molar-refractivity contribution in [3.8, 4) is 0 Å². The van der Waals surface area contributed by atoms with Gasteiger partial charge in [0.2, 0.25) is 0 Å². The molecule has 0 spiro atoms. The predicted octanol–water partition coefficient (Wildman–Crippen LogP) is 1.74. The molecule has 3 rings (SSSR count). The molecule has 4 heteroatoms. The highest BCUT2D eigenvalue weighted by Gasteiger charge is 2.49. The van der Waals surface area contributed by atoms with E-state index < -0.39 is 5.97 Å². The van der Waals surface area contributed by atoms with Gasteiger partial charge in [0, 0.05) is 25.2 Å². The Hall–Kier alpha value is -1.39. The Balaban J connectivity index is 1.79. The monoisotopic (exact) mass is 288 g/mol. The Bertz CT molecular complexity index is 541. The molecule has 0 saturated carbocycles. The van der Waals surface area contributed by atoms with Crippen molar-refractivity contribution in [3.63, 3.8) is 0 Å². The molecule has 2 aliphatic heterocycles. The largest absolute Gasteiger partial charge is 0.481 e. The number of rotatable bonds is 4. The maximum atomic E-state index is 11.0. The van der Waals surface area contributed by atoms with E-state index >= 15 is 0 Å². The number of hydrogen-bond acceptors (Lipinski definition) is 3. The Morgan fingerprint density at radius 3 is 2.71 bits per heavy atom. The normalized spacial score (nSPS) is 27.7. The van der Waals surface area contributed by atoms with E-state index in [9.17, 15) is 4.79 Å². The molecule has 0 aromatic heterocycles. The first kappa shape index (κ1) is 14.5. The average Bonchev–Trinajstić information content (AvgIpc) is 2.95. The lowest BCUT2D eigenvalue weighted by Gasteiger charge is -2.36. The van der Waals surface area contributed by atoms with Crippen LogP contribution in [0.15, 0.2) is 24.3 Å². The number of hydrogen-bond donors (Lipinski definition) is 2. The minimum Gasteiger partial charge on any atom is -0.481 e. The highest BCUT2D eigenvalue weighted by Crippen LogP contribution is 2.41. The van der Waals surface area contributed by atoms with Crippen LogP contribution in [0.25, 0.3) is 0 Å². The highest BCUT2D eigenvalue weighted by atomic mass is 16.4. The third kappa shape index (κ3) is 2.70. The first-order chi connectivity index (χ1) is 9.98. The minimum atomic E-state index is -0.760. The molecule has 4 nitrogen and oxygen atoms in total. The molecule has 2 saturated heterocycles. The number of nitrogens with one attached hydrogen (secondary N) is 1. The van der Waals surface area contributed by atoms with Crippen molar-refractivity contribution in [1.29, 1.82) is 0 Å². The lowest BCUT2D eigenvalue weighted by atomic mass is 9.84. The Morgan fingerprint density at radius 1 is 1.33 bits per heavy atom. The first-order valence-electron chi connectivity index (χ1n) is 7.73. The molecule has 21 heavy (non-hydrogen) atoms. The fourth-order valence-corrected chi connectivity index (χ4v) is 4.03. The Morgan fingerprint density at radius 2 is 2.05 bits per heavy atom. The zero-order valence-corrected chi connectivity index (χ0v) is 12.8. The van der Waals surface area contributed by atoms with Gasteiger partial charge in [-0.05, 0) is 43.4 Å². The van der Waals surface area contributed by atoms with E-state index in [1.54, 1.807) is 0 Å². The zero-order valence-electron chi connectivity index (χ0n) is 12.8. The summed E-state index contributed by atoms with van der Waals surface area (Å²) in [6.07, 6.45) is 0.110. The zero-order chi connectivity index (χ0) is 15.0. The van der Waals surface area contributed by atoms with E-state index in [-0.39, 0.29) is 12.0 Å². The molecule has 2 unspecified atom stereocenters. The molecule has 0 amide bonds. The van der Waals surface area contributed by atoms with Crippen molar-refractivity contribution < 1.29 is 9.90 Å². The molecule has 2 atom stereocenters. The fourth-order valence-electron chi connectivity index (χ4n) is 4.03. The fraction of sp³-hybridized carbons (Fsp3) is 0.588. The van der Waals surface area contributed by atoms with Gasteiger partial charge in [0.25, 0.3) is 0 Å². The minimum absolute atomic E-state index is 0.110. The van der Waals surface area contributed by atoms with Gasteiger partial charge in [0.05, 0.1) is 6.42 Å². The van der Waals surface area contributed by atoms with Crippen LogP contribution in [0.3, 0.4) is 0 Å². The summed E-state index contributed by atoms with van der Waals surface area (Å²) in [7, 11) is 0. The second kappa shape index (κ2) is 5.43. The molecule has 2 fully saturated rings. The second-order valence-electron chi connectivity index (χ2n) is 6.90. The van der Waals surface area contributed by atoms with Crippen molar-refractivity contribution in [2.75, 3.05) is 19.6 Å². The molecule has 2 N–H and O–H groups in total. The van der Waals surface area contributed by atoms with Gasteiger partial charge in [0.15, 0.2) is 0 Å². The molecular formula is C17H24N2O2. The van der Waals surface area contributed by atoms with E-state index in [0.717, 1.165) is 43.2 Å². The van der Waals surface area contributed by atoms with Crippen LogP contribution in [0.1, 0.15) is 25.0 Å². The average molecular weight is 288 g/mol. The summed E-state index contributed by atoms with van der Waals surface area (Å²) in [5, 5.41) is 12.6. The van der Waals surface area contributed by atoms with Gasteiger partial charge in [-0.3, -0.25) is 9.69 Å². The Kier molecular flexibility index (Phi) is 3.76. The number of carboxylic acid groups (broad SMARTS) is 1. The van der Waals surface area contributed by atoms with Crippen molar-refractivity contribution in [3.05, 3.63) is 35.4 Å². The summed E-state index contributed by atoms with van der Waals surface area (Å²) < 4.78 is 0. The maximum Gasteiger partial charge on any atom is 0.307 e. The highest BCUT2D eigenvalue weighted by molar-refractivity contribution is 5.70. The second-order valence-corrected chi connectivity index (χ2v) is 6.90. The standard InChI is InChI=1S/C17H24N2O2/c1-17(2)15-9-18-8-14(15)11-19(17)10-13-6-4-3-5-12(13)7-16(20)21/h3-6,14-15,18H,7-11H2,1-2H3,(H,20,21). The topological polar surface area (TPSA) is 52.6 Å². The summed E-state index contributed by atoms with van der Waals surface area (Å²) in [5.41, 5.74) is 2.27. The van der Waals surface area contributed by atoms with Gasteiger partial charge in [0.1, 0.15) is 0 Å². The predicted molar refractivity (Wildman–Crippen MR) is 82.1 cm³/mol. The molecule has 2 aliphatic rings. The van der Waals surface area contributed by atoms with Gasteiger partial charge in [-0.1, -0.05) is 24.3 Å². The van der Waals surface area contributed by atoms with Gasteiger partial charge >= 0.3 is 5.97 Å². The molecular weight excluding hydrogens is 264 g/mol. The van der Waals surface area contributed by atoms with Crippen molar-refractivity contribution >= 4 is 5.97 Å². The number of carboxylic acids is 1. The molecule has 2 heterocycles. The van der Waals surface area contributed by atoms with E-state index in [1.807, 2.05) is 18.2 Å². The van der Waals surface area contributed by atoms with Crippen LogP contribution in [0.5, 0.6) is 0 Å². The Labute approximate surface area is 126 Å². The molecule has 114 valence electrons. The lowest BCUT2D eigenvalue weighted by molar-refractivity contribution is -0.136. The van der Waals surface area contributed by atoms with Crippen molar-refractivity contribution in [1.82, 2.24) is 10.2 Å². The summed E-state index contributed by atoms with van der Waals surface area (Å²) in [6.45, 7) is 8.82. The van der Waals surface area contributed by atoms with Crippen LogP contribution in [-0.4, -0.2) is 41.1 Å². The molecule has 0 bridgehead atoms. The molecule has 0 radical (unpaired) electrons. The van der Waals surface area contributed by atoms with Crippen LogP contribution >= 0.6 is 0 Å². The quantitative estimate of drug-likeness (QED) is 0.886. The van der Waals surface area contributed by atoms with Crippen LogP contribution in [-0.2, 0) is 17.8 Å². The molecule has 1 aromatic carbocycles. The van der Waals surface area contributed by atoms with E-state index in [4.69, 9.17) is 5.11 Å². The lowest BCUT2D eigenvalue weighted by Crippen LogP contribution is -2.44. The SMILES string of the molecule is CC1(C)C2CNCC2CN1Cc1ccccc1CC(=O)O. The maximum absolute atomic E-state index is 11.0. The van der Waals surface area contributed by atoms with Crippen LogP contribution < -0.4 is 5.32 Å². The van der Waals surface area contributed by atoms with Crippen LogP contribution in [0.4, 0.5) is 0 Å². The smallest absolute Gasteiger partial charge is 0.307 e. The third-order valence-corrected chi connectivity index (χ3v) is 5.34. The number of aliphatic carboxylic acids is 1. The van der Waals surface area contributed by atoms with Gasteiger partial charge in [-0.25, -0.2) is 0 Å². The number of fused-ring (bicyclic) bond motifs is 1. The number of benzene rings is 1. The summed E-state index contributed by atoms with van der Waals surface area (Å²) in [6, 6.07) is 7.94. The van der Waals surface area contributed by atoms with E-state index in [2.05, 4.69) is 30.1 Å². The van der Waals surface area contributed by atoms with Crippen LogP contribution in [0.2, 0.25) is 0 Å².